The fraction of sp³-hybridized carbons (Fsp3) is 0.800. The quantitative estimate of drug-likeness (QED) is 0.0261. The molecule has 0 spiro atoms. The van der Waals surface area contributed by atoms with Gasteiger partial charge in [-0.1, -0.05) is 293 Å². The molecular weight excluding hydrogens is 877 g/mol. The fourth-order valence-corrected chi connectivity index (χ4v) is 8.94. The van der Waals surface area contributed by atoms with E-state index in [4.69, 9.17) is 14.2 Å². The molecule has 0 saturated heterocycles. The molecule has 6 nitrogen and oxygen atoms in total. The largest absolute Gasteiger partial charge is 0.462 e. The second kappa shape index (κ2) is 59.7. The summed E-state index contributed by atoms with van der Waals surface area (Å²) in [6.45, 7) is 6.55. The van der Waals surface area contributed by atoms with Crippen molar-refractivity contribution >= 4 is 17.9 Å². The van der Waals surface area contributed by atoms with Crippen LogP contribution in [0.15, 0.2) is 60.8 Å². The van der Waals surface area contributed by atoms with Crippen molar-refractivity contribution < 1.29 is 28.6 Å². The molecule has 1 atom stereocenters. The molecule has 0 radical (unpaired) electrons. The summed E-state index contributed by atoms with van der Waals surface area (Å²) >= 11 is 0. The van der Waals surface area contributed by atoms with Crippen LogP contribution in [0.4, 0.5) is 0 Å². The smallest absolute Gasteiger partial charge is 0.306 e. The highest BCUT2D eigenvalue weighted by atomic mass is 16.6. The number of allylic oxidation sites excluding steroid dienone is 10. The predicted molar refractivity (Wildman–Crippen MR) is 307 cm³/mol. The number of hydrogen-bond acceptors (Lipinski definition) is 6. The van der Waals surface area contributed by atoms with E-state index in [9.17, 15) is 14.4 Å². The maximum absolute atomic E-state index is 12.8. The van der Waals surface area contributed by atoms with Gasteiger partial charge in [0.25, 0.3) is 0 Å². The molecule has 0 saturated carbocycles. The molecule has 0 aliphatic carbocycles. The van der Waals surface area contributed by atoms with Gasteiger partial charge in [0.05, 0.1) is 0 Å². The first kappa shape index (κ1) is 68.1. The molecule has 0 aromatic heterocycles. The number of ether oxygens (including phenoxy) is 3. The Bertz CT molecular complexity index is 1280. The van der Waals surface area contributed by atoms with Crippen molar-refractivity contribution in [1.82, 2.24) is 0 Å². The first-order valence-corrected chi connectivity index (χ1v) is 30.8. The van der Waals surface area contributed by atoms with Crippen LogP contribution in [0.1, 0.15) is 316 Å². The SMILES string of the molecule is CC/C=C\C/C=C\C/C=C\C/C=C\C/C=C\CCCCCCCCCCCCCCCC(=O)OCC(COC(=O)CCCCCCCCCCCC)OC(=O)CCCCCCCCCCCCCCCC. The van der Waals surface area contributed by atoms with Gasteiger partial charge in [-0.05, 0) is 64.2 Å². The summed E-state index contributed by atoms with van der Waals surface area (Å²) in [5, 5.41) is 0. The van der Waals surface area contributed by atoms with Crippen LogP contribution in [0.25, 0.3) is 0 Å². The summed E-state index contributed by atoms with van der Waals surface area (Å²) in [6, 6.07) is 0. The van der Waals surface area contributed by atoms with Gasteiger partial charge in [-0.3, -0.25) is 14.4 Å². The van der Waals surface area contributed by atoms with E-state index in [0.29, 0.717) is 19.3 Å². The molecule has 0 rings (SSSR count). The van der Waals surface area contributed by atoms with E-state index >= 15 is 0 Å². The second-order valence-corrected chi connectivity index (χ2v) is 20.6. The molecule has 0 aliphatic heterocycles. The minimum atomic E-state index is -0.769. The summed E-state index contributed by atoms with van der Waals surface area (Å²) < 4.78 is 16.9. The zero-order chi connectivity index (χ0) is 51.4. The third-order valence-corrected chi connectivity index (χ3v) is 13.5. The van der Waals surface area contributed by atoms with Crippen molar-refractivity contribution in [3.05, 3.63) is 60.8 Å². The molecule has 0 heterocycles. The van der Waals surface area contributed by atoms with Crippen LogP contribution in [0.5, 0.6) is 0 Å². The van der Waals surface area contributed by atoms with Gasteiger partial charge in [-0.2, -0.15) is 0 Å². The van der Waals surface area contributed by atoms with Crippen LogP contribution in [0.2, 0.25) is 0 Å². The van der Waals surface area contributed by atoms with Crippen LogP contribution >= 0.6 is 0 Å². The molecule has 71 heavy (non-hydrogen) atoms. The van der Waals surface area contributed by atoms with E-state index in [1.807, 2.05) is 0 Å². The lowest BCUT2D eigenvalue weighted by Gasteiger charge is -2.18. The Kier molecular flexibility index (Phi) is 57.2. The summed E-state index contributed by atoms with van der Waals surface area (Å²) in [4.78, 5) is 38.1. The van der Waals surface area contributed by atoms with Gasteiger partial charge in [-0.25, -0.2) is 0 Å². The maximum atomic E-state index is 12.8. The van der Waals surface area contributed by atoms with Gasteiger partial charge in [-0.15, -0.1) is 0 Å². The van der Waals surface area contributed by atoms with Crippen LogP contribution in [0.3, 0.4) is 0 Å². The molecular formula is C65H116O6. The van der Waals surface area contributed by atoms with Gasteiger partial charge in [0.2, 0.25) is 0 Å². The van der Waals surface area contributed by atoms with Gasteiger partial charge >= 0.3 is 17.9 Å². The second-order valence-electron chi connectivity index (χ2n) is 20.6. The van der Waals surface area contributed by atoms with E-state index in [1.54, 1.807) is 0 Å². The Hall–Kier alpha value is -2.89. The standard InChI is InChI=1S/C65H116O6/c1-4-7-10-13-16-19-22-24-26-27-28-29-30-31-32-33-34-35-36-37-38-39-40-42-43-46-49-52-55-58-64(67)70-61-62(60-69-63(66)57-54-51-48-45-21-18-15-12-9-6-3)71-65(68)59-56-53-50-47-44-41-25-23-20-17-14-11-8-5-2/h7,10,16,19,24,26,28-29,31-32,62H,4-6,8-9,11-15,17-18,20-23,25,27,30,33-61H2,1-3H3/b10-7-,19-16-,26-24-,29-28-,32-31-. The first-order chi connectivity index (χ1) is 35.0. The minimum absolute atomic E-state index is 0.0687. The Morgan fingerprint density at radius 1 is 0.296 bits per heavy atom. The van der Waals surface area contributed by atoms with Gasteiger partial charge in [0, 0.05) is 19.3 Å². The minimum Gasteiger partial charge on any atom is -0.462 e. The predicted octanol–water partition coefficient (Wildman–Crippen LogP) is 20.8. The zero-order valence-electron chi connectivity index (χ0n) is 47.2. The third-order valence-electron chi connectivity index (χ3n) is 13.5. The Morgan fingerprint density at radius 3 is 0.859 bits per heavy atom. The van der Waals surface area contributed by atoms with Crippen LogP contribution < -0.4 is 0 Å². The first-order valence-electron chi connectivity index (χ1n) is 30.8. The molecule has 0 aromatic rings. The number of carbonyl (C=O) groups is 3. The monoisotopic (exact) mass is 993 g/mol. The third kappa shape index (κ3) is 57.9. The van der Waals surface area contributed by atoms with Crippen LogP contribution in [0, 0.1) is 0 Å². The summed E-state index contributed by atoms with van der Waals surface area (Å²) in [5.41, 5.74) is 0. The van der Waals surface area contributed by atoms with Crippen molar-refractivity contribution in [2.45, 2.75) is 322 Å². The van der Waals surface area contributed by atoms with Crippen molar-refractivity contribution in [1.29, 1.82) is 0 Å². The van der Waals surface area contributed by atoms with Crippen LogP contribution in [-0.4, -0.2) is 37.2 Å². The van der Waals surface area contributed by atoms with E-state index in [0.717, 1.165) is 89.9 Å². The summed E-state index contributed by atoms with van der Waals surface area (Å²) in [5.74, 6) is -0.855. The summed E-state index contributed by atoms with van der Waals surface area (Å²) in [7, 11) is 0. The van der Waals surface area contributed by atoms with Crippen molar-refractivity contribution in [3.8, 4) is 0 Å². The summed E-state index contributed by atoms with van der Waals surface area (Å²) in [6.07, 6.45) is 75.2. The number of rotatable bonds is 56. The molecule has 0 fully saturated rings. The van der Waals surface area contributed by atoms with E-state index < -0.39 is 6.10 Å². The van der Waals surface area contributed by atoms with E-state index in [2.05, 4.69) is 81.5 Å². The molecule has 0 bridgehead atoms. The molecule has 0 aromatic carbocycles. The molecule has 0 N–H and O–H groups in total. The lowest BCUT2D eigenvalue weighted by atomic mass is 10.0. The zero-order valence-corrected chi connectivity index (χ0v) is 47.2. The Balaban J connectivity index is 4.14. The molecule has 6 heteroatoms. The molecule has 412 valence electrons. The molecule has 0 aliphatic rings. The van der Waals surface area contributed by atoms with Gasteiger partial charge < -0.3 is 14.2 Å². The highest BCUT2D eigenvalue weighted by Gasteiger charge is 2.19. The van der Waals surface area contributed by atoms with Crippen LogP contribution in [-0.2, 0) is 28.6 Å². The van der Waals surface area contributed by atoms with Gasteiger partial charge in [0.15, 0.2) is 6.10 Å². The van der Waals surface area contributed by atoms with Gasteiger partial charge in [0.1, 0.15) is 13.2 Å². The lowest BCUT2D eigenvalue weighted by molar-refractivity contribution is -0.167. The van der Waals surface area contributed by atoms with Crippen molar-refractivity contribution in [2.75, 3.05) is 13.2 Å². The normalized spacial score (nSPS) is 12.4. The lowest BCUT2D eigenvalue weighted by Crippen LogP contribution is -2.30. The molecule has 1 unspecified atom stereocenters. The topological polar surface area (TPSA) is 78.9 Å². The molecule has 0 amide bonds. The number of unbranched alkanes of at least 4 members (excludes halogenated alkanes) is 35. The Labute approximate surface area is 440 Å². The van der Waals surface area contributed by atoms with Crippen molar-refractivity contribution in [3.63, 3.8) is 0 Å². The highest BCUT2D eigenvalue weighted by molar-refractivity contribution is 5.71. The average Bonchev–Trinajstić information content (AvgIpc) is 3.37. The number of hydrogen-bond donors (Lipinski definition) is 0. The van der Waals surface area contributed by atoms with E-state index in [-0.39, 0.29) is 31.1 Å². The number of esters is 3. The maximum Gasteiger partial charge on any atom is 0.306 e. The fourth-order valence-electron chi connectivity index (χ4n) is 8.94. The average molecular weight is 994 g/mol. The Morgan fingerprint density at radius 2 is 0.549 bits per heavy atom. The number of carbonyl (C=O) groups excluding carboxylic acids is 3. The van der Waals surface area contributed by atoms with E-state index in [1.165, 1.54) is 186 Å². The van der Waals surface area contributed by atoms with Crippen molar-refractivity contribution in [2.24, 2.45) is 0 Å². The highest BCUT2D eigenvalue weighted by Crippen LogP contribution is 2.17.